The zero-order valence-electron chi connectivity index (χ0n) is 12.5. The predicted octanol–water partition coefficient (Wildman–Crippen LogP) is 4.06. The van der Waals surface area contributed by atoms with Gasteiger partial charge in [-0.1, -0.05) is 18.2 Å². The highest BCUT2D eigenvalue weighted by atomic mass is 35.5. The van der Waals surface area contributed by atoms with Gasteiger partial charge in [0.05, 0.1) is 5.56 Å². The number of halogens is 1. The number of fused-ring (bicyclic) bond motifs is 1. The van der Waals surface area contributed by atoms with Crippen LogP contribution >= 0.6 is 22.9 Å². The van der Waals surface area contributed by atoms with Crippen molar-refractivity contribution in [3.05, 3.63) is 46.3 Å². The maximum Gasteiger partial charge on any atom is 0.258 e. The van der Waals surface area contributed by atoms with Gasteiger partial charge in [-0.15, -0.1) is 22.9 Å². The summed E-state index contributed by atoms with van der Waals surface area (Å²) in [6.45, 7) is 0. The smallest absolute Gasteiger partial charge is 0.258 e. The van der Waals surface area contributed by atoms with Gasteiger partial charge in [-0.25, -0.2) is 0 Å². The molecule has 1 aromatic carbocycles. The lowest BCUT2D eigenvalue weighted by Crippen LogP contribution is -2.19. The first-order chi connectivity index (χ1) is 11.2. The summed E-state index contributed by atoms with van der Waals surface area (Å²) in [5.74, 6) is -0.595. The van der Waals surface area contributed by atoms with Gasteiger partial charge >= 0.3 is 0 Å². The minimum absolute atomic E-state index is 0.123. The van der Waals surface area contributed by atoms with Gasteiger partial charge in [0, 0.05) is 10.6 Å². The van der Waals surface area contributed by atoms with Crippen LogP contribution in [-0.2, 0) is 17.6 Å². The van der Waals surface area contributed by atoms with Crippen molar-refractivity contribution in [1.29, 1.82) is 0 Å². The summed E-state index contributed by atoms with van der Waals surface area (Å²) in [5, 5.41) is 6.29. The quantitative estimate of drug-likeness (QED) is 0.819. The molecule has 2 aromatic rings. The molecule has 0 saturated carbocycles. The third-order valence-electron chi connectivity index (χ3n) is 3.80. The van der Waals surface area contributed by atoms with E-state index in [0.29, 0.717) is 10.6 Å². The highest BCUT2D eigenvalue weighted by molar-refractivity contribution is 7.17. The van der Waals surface area contributed by atoms with Crippen LogP contribution in [0, 0.1) is 0 Å². The number of carbonyl (C=O) groups excluding carboxylic acids is 2. The van der Waals surface area contributed by atoms with Crippen molar-refractivity contribution in [2.45, 2.75) is 25.7 Å². The molecule has 3 rings (SSSR count). The summed E-state index contributed by atoms with van der Waals surface area (Å²) in [6, 6.07) is 9.32. The molecular weight excluding hydrogens is 332 g/mol. The Bertz CT molecular complexity index is 728. The number of para-hydroxylation sites is 1. The van der Waals surface area contributed by atoms with E-state index in [9.17, 15) is 9.59 Å². The minimum atomic E-state index is -0.293. The lowest BCUT2D eigenvalue weighted by molar-refractivity contribution is -0.113. The molecule has 0 fully saturated rings. The number of benzene rings is 1. The van der Waals surface area contributed by atoms with Gasteiger partial charge in [0.25, 0.3) is 5.91 Å². The van der Waals surface area contributed by atoms with E-state index >= 15 is 0 Å². The zero-order chi connectivity index (χ0) is 16.2. The Morgan fingerprint density at radius 3 is 2.57 bits per heavy atom. The molecule has 2 amide bonds. The van der Waals surface area contributed by atoms with Crippen LogP contribution in [0.3, 0.4) is 0 Å². The molecule has 23 heavy (non-hydrogen) atoms. The molecule has 2 N–H and O–H groups in total. The molecule has 1 aromatic heterocycles. The number of anilines is 2. The Hall–Kier alpha value is -1.85. The highest BCUT2D eigenvalue weighted by Gasteiger charge is 2.26. The summed E-state index contributed by atoms with van der Waals surface area (Å²) < 4.78 is 0. The predicted molar refractivity (Wildman–Crippen MR) is 94.7 cm³/mol. The van der Waals surface area contributed by atoms with Gasteiger partial charge in [-0.2, -0.15) is 0 Å². The van der Waals surface area contributed by atoms with Crippen molar-refractivity contribution < 1.29 is 9.59 Å². The van der Waals surface area contributed by atoms with Crippen LogP contribution in [-0.4, -0.2) is 17.7 Å². The molecule has 1 aliphatic carbocycles. The number of alkyl halides is 1. The molecule has 0 radical (unpaired) electrons. The van der Waals surface area contributed by atoms with Gasteiger partial charge in [-0.3, -0.25) is 9.59 Å². The molecule has 6 heteroatoms. The Morgan fingerprint density at radius 2 is 1.83 bits per heavy atom. The Labute approximate surface area is 143 Å². The van der Waals surface area contributed by atoms with Crippen LogP contribution in [0.5, 0.6) is 0 Å². The van der Waals surface area contributed by atoms with Crippen molar-refractivity contribution >= 4 is 45.4 Å². The van der Waals surface area contributed by atoms with Crippen LogP contribution in [0.25, 0.3) is 0 Å². The summed E-state index contributed by atoms with van der Waals surface area (Å²) in [4.78, 5) is 25.6. The van der Waals surface area contributed by atoms with Crippen molar-refractivity contribution in [1.82, 2.24) is 0 Å². The molecule has 1 aliphatic rings. The van der Waals surface area contributed by atoms with Crippen LogP contribution in [0.1, 0.15) is 33.6 Å². The van der Waals surface area contributed by atoms with E-state index in [1.165, 1.54) is 16.2 Å². The molecule has 0 saturated heterocycles. The van der Waals surface area contributed by atoms with E-state index in [4.69, 9.17) is 11.6 Å². The number of aryl methyl sites for hydroxylation is 1. The molecule has 0 bridgehead atoms. The largest absolute Gasteiger partial charge is 0.322 e. The van der Waals surface area contributed by atoms with Crippen LogP contribution in [0.4, 0.5) is 10.7 Å². The minimum Gasteiger partial charge on any atom is -0.322 e. The second kappa shape index (κ2) is 7.15. The first kappa shape index (κ1) is 16.0. The summed E-state index contributed by atoms with van der Waals surface area (Å²) in [5.41, 5.74) is 2.40. The second-order valence-electron chi connectivity index (χ2n) is 5.42. The first-order valence-electron chi connectivity index (χ1n) is 7.56. The highest BCUT2D eigenvalue weighted by Crippen LogP contribution is 2.38. The number of thiophene rings is 1. The van der Waals surface area contributed by atoms with Gasteiger partial charge in [0.15, 0.2) is 0 Å². The molecule has 1 heterocycles. The third kappa shape index (κ3) is 3.57. The summed E-state index contributed by atoms with van der Waals surface area (Å²) in [7, 11) is 0. The third-order valence-corrected chi connectivity index (χ3v) is 5.25. The van der Waals surface area contributed by atoms with E-state index in [1.807, 2.05) is 30.3 Å². The monoisotopic (exact) mass is 348 g/mol. The number of hydrogen-bond acceptors (Lipinski definition) is 3. The zero-order valence-corrected chi connectivity index (χ0v) is 14.1. The number of nitrogens with one attached hydrogen (secondary N) is 2. The van der Waals surface area contributed by atoms with Crippen molar-refractivity contribution in [2.24, 2.45) is 0 Å². The van der Waals surface area contributed by atoms with Gasteiger partial charge in [0.1, 0.15) is 10.9 Å². The van der Waals surface area contributed by atoms with Crippen LogP contribution in [0.15, 0.2) is 30.3 Å². The van der Waals surface area contributed by atoms with Gasteiger partial charge in [-0.05, 0) is 43.4 Å². The van der Waals surface area contributed by atoms with Crippen molar-refractivity contribution in [3.8, 4) is 0 Å². The molecule has 0 aliphatic heterocycles. The maximum absolute atomic E-state index is 12.7. The summed E-state index contributed by atoms with van der Waals surface area (Å²) in [6.07, 6.45) is 4.02. The van der Waals surface area contributed by atoms with E-state index in [2.05, 4.69) is 10.6 Å². The van der Waals surface area contributed by atoms with Crippen molar-refractivity contribution in [2.75, 3.05) is 16.5 Å². The fourth-order valence-electron chi connectivity index (χ4n) is 2.77. The molecule has 120 valence electrons. The SMILES string of the molecule is O=C(CCl)Nc1sc2c(c1C(=O)Nc1ccccc1)CCCC2. The number of rotatable bonds is 4. The Kier molecular flexibility index (Phi) is 4.98. The Balaban J connectivity index is 1.93. The molecule has 0 atom stereocenters. The van der Waals surface area contributed by atoms with E-state index in [1.54, 1.807) is 0 Å². The molecular formula is C17H17ClN2O2S. The van der Waals surface area contributed by atoms with Gasteiger partial charge < -0.3 is 10.6 Å². The van der Waals surface area contributed by atoms with E-state index in [-0.39, 0.29) is 17.7 Å². The molecule has 0 spiro atoms. The Morgan fingerprint density at radius 1 is 1.09 bits per heavy atom. The average Bonchev–Trinajstić information content (AvgIpc) is 2.93. The van der Waals surface area contributed by atoms with Crippen LogP contribution in [0.2, 0.25) is 0 Å². The molecule has 0 unspecified atom stereocenters. The van der Waals surface area contributed by atoms with E-state index < -0.39 is 0 Å². The van der Waals surface area contributed by atoms with Crippen LogP contribution < -0.4 is 10.6 Å². The topological polar surface area (TPSA) is 58.2 Å². The average molecular weight is 349 g/mol. The lowest BCUT2D eigenvalue weighted by atomic mass is 9.95. The number of carbonyl (C=O) groups is 2. The normalized spacial score (nSPS) is 13.3. The lowest BCUT2D eigenvalue weighted by Gasteiger charge is -2.13. The van der Waals surface area contributed by atoms with E-state index in [0.717, 1.165) is 36.9 Å². The standard InChI is InChI=1S/C17H17ClN2O2S/c18-10-14(21)20-17-15(12-8-4-5-9-13(12)23-17)16(22)19-11-6-2-1-3-7-11/h1-3,6-7H,4-5,8-10H2,(H,19,22)(H,20,21). The fourth-order valence-corrected chi connectivity index (χ4v) is 4.14. The maximum atomic E-state index is 12.7. The summed E-state index contributed by atoms with van der Waals surface area (Å²) >= 11 is 7.08. The van der Waals surface area contributed by atoms with Gasteiger partial charge in [0.2, 0.25) is 5.91 Å². The number of hydrogen-bond donors (Lipinski definition) is 2. The second-order valence-corrected chi connectivity index (χ2v) is 6.79. The first-order valence-corrected chi connectivity index (χ1v) is 8.91. The number of amides is 2. The fraction of sp³-hybridized carbons (Fsp3) is 0.294. The van der Waals surface area contributed by atoms with Crippen molar-refractivity contribution in [3.63, 3.8) is 0 Å². The molecule has 4 nitrogen and oxygen atoms in total.